The van der Waals surface area contributed by atoms with Gasteiger partial charge in [0.15, 0.2) is 17.0 Å². The molecule has 2 aromatic heterocycles. The SMILES string of the molecule is CCCCCCCCC(NC(=O)[C@H](CCC(=O)O)NC(=O)c1ccc(N(C)Cc2cnc3nc(N)nc(N)c3n2)cc1)C(=O)OC. The molecule has 46 heavy (non-hydrogen) atoms. The molecule has 0 fully saturated rings. The van der Waals surface area contributed by atoms with Crippen LogP contribution in [-0.4, -0.2) is 75.0 Å². The van der Waals surface area contributed by atoms with Crippen LogP contribution in [0.3, 0.4) is 0 Å². The Labute approximate surface area is 267 Å². The smallest absolute Gasteiger partial charge is 0.328 e. The minimum Gasteiger partial charge on any atom is -0.481 e. The average Bonchev–Trinajstić information content (AvgIpc) is 3.03. The van der Waals surface area contributed by atoms with E-state index < -0.39 is 35.8 Å². The molecule has 0 aliphatic rings. The van der Waals surface area contributed by atoms with Crippen LogP contribution in [-0.2, 0) is 25.7 Å². The van der Waals surface area contributed by atoms with Crippen LogP contribution < -0.4 is 27.0 Å². The highest BCUT2D eigenvalue weighted by Crippen LogP contribution is 2.19. The zero-order chi connectivity index (χ0) is 33.6. The number of hydrogen-bond acceptors (Lipinski definition) is 12. The van der Waals surface area contributed by atoms with Crippen molar-refractivity contribution in [1.29, 1.82) is 0 Å². The van der Waals surface area contributed by atoms with Gasteiger partial charge < -0.3 is 36.8 Å². The van der Waals surface area contributed by atoms with Gasteiger partial charge in [-0.05, 0) is 37.1 Å². The first kappa shape index (κ1) is 35.4. The Bertz CT molecular complexity index is 1500. The molecule has 0 saturated carbocycles. The van der Waals surface area contributed by atoms with Crippen LogP contribution in [0.25, 0.3) is 11.2 Å². The number of fused-ring (bicyclic) bond motifs is 1. The number of nitrogen functional groups attached to an aromatic ring is 2. The summed E-state index contributed by atoms with van der Waals surface area (Å²) in [4.78, 5) is 68.6. The molecule has 2 amide bonds. The third-order valence-electron chi connectivity index (χ3n) is 7.39. The second-order valence-electron chi connectivity index (χ2n) is 11.0. The molecular weight excluding hydrogens is 594 g/mol. The van der Waals surface area contributed by atoms with Crippen molar-refractivity contribution >= 4 is 52.4 Å². The standard InChI is InChI=1S/C31H43N9O6/c1-4-5-6-7-8-9-10-23(30(45)46-3)37-29(44)22(15-16-24(41)42)36-28(43)19-11-13-21(14-12-19)40(2)18-20-17-34-27-25(35-20)26(32)38-31(33)39-27/h11-14,17,22-23H,4-10,15-16,18H2,1-3H3,(H,36,43)(H,37,44)(H,41,42)(H4,32,33,34,38,39)/t22-,23?/m0/s1. The summed E-state index contributed by atoms with van der Waals surface area (Å²) in [5.41, 5.74) is 13.8. The molecule has 1 unspecified atom stereocenters. The Balaban J connectivity index is 1.64. The van der Waals surface area contributed by atoms with E-state index in [-0.39, 0.29) is 30.2 Å². The normalized spacial score (nSPS) is 12.2. The number of esters is 1. The van der Waals surface area contributed by atoms with Crippen molar-refractivity contribution in [3.63, 3.8) is 0 Å². The van der Waals surface area contributed by atoms with E-state index in [0.29, 0.717) is 36.2 Å². The third kappa shape index (κ3) is 10.5. The Hall–Kier alpha value is -5.08. The van der Waals surface area contributed by atoms with Gasteiger partial charge in [0.05, 0.1) is 25.5 Å². The highest BCUT2D eigenvalue weighted by atomic mass is 16.5. The second-order valence-corrected chi connectivity index (χ2v) is 11.0. The number of nitrogens with two attached hydrogens (primary N) is 2. The summed E-state index contributed by atoms with van der Waals surface area (Å²) in [5, 5.41) is 14.5. The molecule has 3 aromatic rings. The second kappa shape index (κ2) is 17.4. The van der Waals surface area contributed by atoms with Gasteiger partial charge in [0.1, 0.15) is 12.1 Å². The van der Waals surface area contributed by atoms with Crippen molar-refractivity contribution < 1.29 is 29.0 Å². The summed E-state index contributed by atoms with van der Waals surface area (Å²) >= 11 is 0. The Morgan fingerprint density at radius 3 is 2.30 bits per heavy atom. The van der Waals surface area contributed by atoms with Gasteiger partial charge in [-0.25, -0.2) is 14.8 Å². The van der Waals surface area contributed by atoms with Crippen LogP contribution in [0.4, 0.5) is 17.5 Å². The van der Waals surface area contributed by atoms with Gasteiger partial charge in [-0.15, -0.1) is 0 Å². The van der Waals surface area contributed by atoms with E-state index in [1.807, 2.05) is 11.9 Å². The van der Waals surface area contributed by atoms with Gasteiger partial charge >= 0.3 is 11.9 Å². The fourth-order valence-corrected chi connectivity index (χ4v) is 4.83. The lowest BCUT2D eigenvalue weighted by atomic mass is 10.0. The van der Waals surface area contributed by atoms with Gasteiger partial charge in [-0.1, -0.05) is 45.4 Å². The number of carboxylic acid groups (broad SMARTS) is 1. The highest BCUT2D eigenvalue weighted by Gasteiger charge is 2.28. The van der Waals surface area contributed by atoms with E-state index in [4.69, 9.17) is 16.2 Å². The molecule has 248 valence electrons. The molecule has 2 heterocycles. The predicted molar refractivity (Wildman–Crippen MR) is 173 cm³/mol. The minimum absolute atomic E-state index is 0.0102. The van der Waals surface area contributed by atoms with Crippen molar-refractivity contribution in [2.24, 2.45) is 0 Å². The summed E-state index contributed by atoms with van der Waals surface area (Å²) in [6, 6.07) is 4.54. The number of ether oxygens (including phenoxy) is 1. The zero-order valence-corrected chi connectivity index (χ0v) is 26.5. The van der Waals surface area contributed by atoms with E-state index in [0.717, 1.165) is 37.8 Å². The monoisotopic (exact) mass is 637 g/mol. The number of hydrogen-bond donors (Lipinski definition) is 5. The van der Waals surface area contributed by atoms with Crippen molar-refractivity contribution in [1.82, 2.24) is 30.6 Å². The average molecular weight is 638 g/mol. The van der Waals surface area contributed by atoms with Crippen molar-refractivity contribution in [3.8, 4) is 0 Å². The van der Waals surface area contributed by atoms with Crippen LogP contribution in [0.5, 0.6) is 0 Å². The number of aromatic nitrogens is 4. The maximum absolute atomic E-state index is 13.2. The summed E-state index contributed by atoms with van der Waals surface area (Å²) in [5.74, 6) is -2.80. The van der Waals surface area contributed by atoms with Crippen molar-refractivity contribution in [2.75, 3.05) is 30.5 Å². The molecule has 2 atom stereocenters. The van der Waals surface area contributed by atoms with Gasteiger partial charge in [0.25, 0.3) is 5.91 Å². The number of carbonyl (C=O) groups is 4. The summed E-state index contributed by atoms with van der Waals surface area (Å²) in [7, 11) is 3.07. The lowest BCUT2D eigenvalue weighted by Gasteiger charge is -2.22. The molecule has 0 aliphatic carbocycles. The number of nitrogens with one attached hydrogen (secondary N) is 2. The van der Waals surface area contributed by atoms with E-state index >= 15 is 0 Å². The zero-order valence-electron chi connectivity index (χ0n) is 26.5. The van der Waals surface area contributed by atoms with Gasteiger partial charge in [-0.2, -0.15) is 9.97 Å². The fraction of sp³-hybridized carbons (Fsp3) is 0.484. The Morgan fingerprint density at radius 2 is 1.63 bits per heavy atom. The van der Waals surface area contributed by atoms with Gasteiger partial charge in [0.2, 0.25) is 11.9 Å². The first-order valence-corrected chi connectivity index (χ1v) is 15.3. The van der Waals surface area contributed by atoms with Gasteiger partial charge in [0, 0.05) is 24.7 Å². The van der Waals surface area contributed by atoms with E-state index in [1.165, 1.54) is 7.11 Å². The number of anilines is 3. The predicted octanol–water partition coefficient (Wildman–Crippen LogP) is 2.59. The minimum atomic E-state index is -1.18. The number of aliphatic carboxylic acids is 1. The van der Waals surface area contributed by atoms with E-state index in [9.17, 15) is 24.3 Å². The molecule has 7 N–H and O–H groups in total. The molecule has 0 aliphatic heterocycles. The summed E-state index contributed by atoms with van der Waals surface area (Å²) in [6.45, 7) is 2.49. The van der Waals surface area contributed by atoms with Gasteiger partial charge in [-0.3, -0.25) is 14.4 Å². The molecule has 0 spiro atoms. The number of carbonyl (C=O) groups excluding carboxylic acids is 3. The largest absolute Gasteiger partial charge is 0.481 e. The molecule has 15 heteroatoms. The van der Waals surface area contributed by atoms with Crippen molar-refractivity contribution in [3.05, 3.63) is 41.7 Å². The molecule has 0 bridgehead atoms. The van der Waals surface area contributed by atoms with Crippen LogP contribution in [0.2, 0.25) is 0 Å². The van der Waals surface area contributed by atoms with Crippen LogP contribution in [0.1, 0.15) is 80.8 Å². The lowest BCUT2D eigenvalue weighted by molar-refractivity contribution is -0.145. The topological polar surface area (TPSA) is 229 Å². The Kier molecular flexibility index (Phi) is 13.4. The maximum Gasteiger partial charge on any atom is 0.328 e. The Morgan fingerprint density at radius 1 is 0.935 bits per heavy atom. The molecule has 15 nitrogen and oxygen atoms in total. The number of rotatable bonds is 18. The number of amides is 2. The lowest BCUT2D eigenvalue weighted by Crippen LogP contribution is -2.52. The number of carboxylic acids is 1. The quantitative estimate of drug-likeness (QED) is 0.0999. The molecule has 1 aromatic carbocycles. The summed E-state index contributed by atoms with van der Waals surface area (Å²) in [6.07, 6.45) is 7.43. The van der Waals surface area contributed by atoms with Crippen molar-refractivity contribution in [2.45, 2.75) is 83.3 Å². The third-order valence-corrected chi connectivity index (χ3v) is 7.39. The van der Waals surface area contributed by atoms with E-state index in [1.54, 1.807) is 30.5 Å². The molecular formula is C31H43N9O6. The van der Waals surface area contributed by atoms with E-state index in [2.05, 4.69) is 37.5 Å². The number of benzene rings is 1. The first-order valence-electron chi connectivity index (χ1n) is 15.3. The van der Waals surface area contributed by atoms with Crippen LogP contribution in [0, 0.1) is 0 Å². The number of nitrogens with zero attached hydrogens (tertiary/aromatic N) is 5. The fourth-order valence-electron chi connectivity index (χ4n) is 4.83. The molecule has 0 saturated heterocycles. The van der Waals surface area contributed by atoms with Crippen LogP contribution >= 0.6 is 0 Å². The summed E-state index contributed by atoms with van der Waals surface area (Å²) < 4.78 is 4.87. The maximum atomic E-state index is 13.2. The highest BCUT2D eigenvalue weighted by molar-refractivity contribution is 5.98. The number of unbranched alkanes of at least 4 members (excludes halogenated alkanes) is 5. The van der Waals surface area contributed by atoms with Crippen LogP contribution in [0.15, 0.2) is 30.5 Å². The first-order chi connectivity index (χ1) is 22.0. The molecule has 3 rings (SSSR count). The number of methoxy groups -OCH3 is 1. The molecule has 0 radical (unpaired) electrons.